The number of nitrogens with zero attached hydrogens (tertiary/aromatic N) is 1. The van der Waals surface area contributed by atoms with Gasteiger partial charge in [-0.25, -0.2) is 9.69 Å². The van der Waals surface area contributed by atoms with Crippen molar-refractivity contribution < 1.29 is 14.3 Å². The quantitative estimate of drug-likeness (QED) is 0.764. The summed E-state index contributed by atoms with van der Waals surface area (Å²) in [6.45, 7) is 3.77. The van der Waals surface area contributed by atoms with Crippen molar-refractivity contribution in [3.8, 4) is 0 Å². The lowest BCUT2D eigenvalue weighted by atomic mass is 10.1. The van der Waals surface area contributed by atoms with Crippen LogP contribution in [0.1, 0.15) is 12.0 Å². The number of hydrogen-bond donors (Lipinski definition) is 0. The van der Waals surface area contributed by atoms with Gasteiger partial charge >= 0.3 is 6.09 Å². The summed E-state index contributed by atoms with van der Waals surface area (Å²) in [4.78, 5) is 24.6. The number of hydrogen-bond acceptors (Lipinski definition) is 3. The van der Waals surface area contributed by atoms with E-state index < -0.39 is 6.09 Å². The second-order valence-corrected chi connectivity index (χ2v) is 4.18. The van der Waals surface area contributed by atoms with E-state index in [4.69, 9.17) is 4.74 Å². The van der Waals surface area contributed by atoms with Crippen LogP contribution in [0.15, 0.2) is 43.0 Å². The Morgan fingerprint density at radius 2 is 2.17 bits per heavy atom. The third-order valence-electron chi connectivity index (χ3n) is 2.86. The Labute approximate surface area is 106 Å². The highest BCUT2D eigenvalue weighted by atomic mass is 16.6. The van der Waals surface area contributed by atoms with E-state index in [2.05, 4.69) is 6.58 Å². The molecular weight excluding hydrogens is 230 g/mol. The largest absolute Gasteiger partial charge is 0.447 e. The molecule has 0 N–H and O–H groups in total. The Balaban J connectivity index is 2.09. The molecule has 0 radical (unpaired) electrons. The van der Waals surface area contributed by atoms with Crippen LogP contribution in [0.5, 0.6) is 0 Å². The van der Waals surface area contributed by atoms with Crippen molar-refractivity contribution in [2.45, 2.75) is 18.9 Å². The summed E-state index contributed by atoms with van der Waals surface area (Å²) in [5.74, 6) is -0.256. The van der Waals surface area contributed by atoms with Crippen molar-refractivity contribution in [2.75, 3.05) is 6.61 Å². The number of ether oxygens (including phenoxy) is 1. The normalized spacial score (nSPS) is 18.6. The fraction of sp³-hybridized carbons (Fsp3) is 0.286. The van der Waals surface area contributed by atoms with Gasteiger partial charge in [-0.15, -0.1) is 6.58 Å². The summed E-state index contributed by atoms with van der Waals surface area (Å²) >= 11 is 0. The zero-order chi connectivity index (χ0) is 13.0. The summed E-state index contributed by atoms with van der Waals surface area (Å²) < 4.78 is 4.95. The molecule has 94 valence electrons. The van der Waals surface area contributed by atoms with E-state index >= 15 is 0 Å². The molecule has 0 aromatic heterocycles. The molecule has 4 heteroatoms. The molecule has 4 nitrogen and oxygen atoms in total. The molecule has 2 amide bonds. The van der Waals surface area contributed by atoms with E-state index in [0.29, 0.717) is 6.42 Å². The van der Waals surface area contributed by atoms with Crippen LogP contribution < -0.4 is 0 Å². The predicted octanol–water partition coefficient (Wildman–Crippen LogP) is 2.15. The van der Waals surface area contributed by atoms with E-state index in [9.17, 15) is 9.59 Å². The van der Waals surface area contributed by atoms with E-state index in [-0.39, 0.29) is 25.0 Å². The molecule has 18 heavy (non-hydrogen) atoms. The van der Waals surface area contributed by atoms with Crippen molar-refractivity contribution in [3.05, 3.63) is 48.6 Å². The standard InChI is InChI=1S/C14H15NO3/c1-2-6-13(16)15-12(10-18-14(15)17)9-11-7-4-3-5-8-11/h2-5,7-8,12H,1,6,9-10H2/t12-/m1/s1. The van der Waals surface area contributed by atoms with Crippen LogP contribution >= 0.6 is 0 Å². The number of benzene rings is 1. The van der Waals surface area contributed by atoms with Gasteiger partial charge < -0.3 is 4.74 Å². The van der Waals surface area contributed by atoms with Crippen molar-refractivity contribution >= 4 is 12.0 Å². The number of cyclic esters (lactones) is 1. The zero-order valence-electron chi connectivity index (χ0n) is 10.0. The summed E-state index contributed by atoms with van der Waals surface area (Å²) in [6, 6.07) is 9.52. The number of amides is 2. The first-order valence-corrected chi connectivity index (χ1v) is 5.86. The highest BCUT2D eigenvalue weighted by Gasteiger charge is 2.36. The SMILES string of the molecule is C=CCC(=O)N1C(=O)OC[C@H]1Cc1ccccc1. The van der Waals surface area contributed by atoms with Crippen LogP contribution in [0.25, 0.3) is 0 Å². The minimum absolute atomic E-state index is 0.153. The fourth-order valence-electron chi connectivity index (χ4n) is 2.02. The Kier molecular flexibility index (Phi) is 3.77. The highest BCUT2D eigenvalue weighted by molar-refractivity contribution is 5.94. The smallest absolute Gasteiger partial charge is 0.416 e. The van der Waals surface area contributed by atoms with Gasteiger partial charge in [0.25, 0.3) is 0 Å². The van der Waals surface area contributed by atoms with Crippen molar-refractivity contribution in [1.29, 1.82) is 0 Å². The topological polar surface area (TPSA) is 46.6 Å². The summed E-state index contributed by atoms with van der Waals surface area (Å²) in [6.07, 6.45) is 1.71. The average Bonchev–Trinajstić information content (AvgIpc) is 2.72. The van der Waals surface area contributed by atoms with E-state index in [1.165, 1.54) is 11.0 Å². The minimum atomic E-state index is -0.553. The Hall–Kier alpha value is -2.10. The molecule has 1 aliphatic rings. The molecule has 0 unspecified atom stereocenters. The van der Waals surface area contributed by atoms with Crippen LogP contribution in [-0.4, -0.2) is 29.5 Å². The van der Waals surface area contributed by atoms with Crippen LogP contribution in [0, 0.1) is 0 Å². The van der Waals surface area contributed by atoms with Gasteiger partial charge in [-0.05, 0) is 12.0 Å². The van der Waals surface area contributed by atoms with Gasteiger partial charge in [0.2, 0.25) is 5.91 Å². The van der Waals surface area contributed by atoms with Crippen LogP contribution in [0.3, 0.4) is 0 Å². The molecule has 1 heterocycles. The molecule has 2 rings (SSSR count). The maximum absolute atomic E-state index is 11.8. The Bertz CT molecular complexity index is 455. The molecular formula is C14H15NO3. The lowest BCUT2D eigenvalue weighted by molar-refractivity contribution is -0.128. The number of carbonyl (C=O) groups is 2. The molecule has 1 saturated heterocycles. The molecule has 0 aliphatic carbocycles. The van der Waals surface area contributed by atoms with Gasteiger partial charge in [-0.1, -0.05) is 36.4 Å². The van der Waals surface area contributed by atoms with E-state index in [1.54, 1.807) is 0 Å². The maximum Gasteiger partial charge on any atom is 0.416 e. The minimum Gasteiger partial charge on any atom is -0.447 e. The van der Waals surface area contributed by atoms with Gasteiger partial charge in [0.15, 0.2) is 0 Å². The Morgan fingerprint density at radius 1 is 1.44 bits per heavy atom. The molecule has 0 spiro atoms. The molecule has 1 fully saturated rings. The van der Waals surface area contributed by atoms with Crippen LogP contribution in [0.4, 0.5) is 4.79 Å². The van der Waals surface area contributed by atoms with Gasteiger partial charge in [-0.2, -0.15) is 0 Å². The lowest BCUT2D eigenvalue weighted by Crippen LogP contribution is -2.39. The second-order valence-electron chi connectivity index (χ2n) is 4.18. The van der Waals surface area contributed by atoms with Gasteiger partial charge in [-0.3, -0.25) is 4.79 Å². The third kappa shape index (κ3) is 2.59. The molecule has 1 aromatic rings. The van der Waals surface area contributed by atoms with Crippen LogP contribution in [-0.2, 0) is 16.0 Å². The number of imide groups is 1. The van der Waals surface area contributed by atoms with Gasteiger partial charge in [0.05, 0.1) is 6.04 Å². The summed E-state index contributed by atoms with van der Waals surface area (Å²) in [7, 11) is 0. The maximum atomic E-state index is 11.8. The van der Waals surface area contributed by atoms with Gasteiger partial charge in [0.1, 0.15) is 6.61 Å². The molecule has 1 atom stereocenters. The van der Waals surface area contributed by atoms with Crippen molar-refractivity contribution in [1.82, 2.24) is 4.90 Å². The van der Waals surface area contributed by atoms with Gasteiger partial charge in [0, 0.05) is 6.42 Å². The predicted molar refractivity (Wildman–Crippen MR) is 66.9 cm³/mol. The first kappa shape index (κ1) is 12.4. The average molecular weight is 245 g/mol. The van der Waals surface area contributed by atoms with Crippen LogP contribution in [0.2, 0.25) is 0 Å². The number of carbonyl (C=O) groups excluding carboxylic acids is 2. The lowest BCUT2D eigenvalue weighted by Gasteiger charge is -2.18. The summed E-state index contributed by atoms with van der Waals surface area (Å²) in [5.41, 5.74) is 1.08. The van der Waals surface area contributed by atoms with Crippen molar-refractivity contribution in [2.24, 2.45) is 0 Å². The molecule has 1 aliphatic heterocycles. The van der Waals surface area contributed by atoms with Crippen molar-refractivity contribution in [3.63, 3.8) is 0 Å². The number of rotatable bonds is 4. The molecule has 0 saturated carbocycles. The second kappa shape index (κ2) is 5.49. The first-order chi connectivity index (χ1) is 8.72. The third-order valence-corrected chi connectivity index (χ3v) is 2.86. The van der Waals surface area contributed by atoms with E-state index in [0.717, 1.165) is 5.56 Å². The fourth-order valence-corrected chi connectivity index (χ4v) is 2.02. The monoisotopic (exact) mass is 245 g/mol. The highest BCUT2D eigenvalue weighted by Crippen LogP contribution is 2.18. The molecule has 1 aromatic carbocycles. The Morgan fingerprint density at radius 3 is 2.83 bits per heavy atom. The zero-order valence-corrected chi connectivity index (χ0v) is 10.0. The van der Waals surface area contributed by atoms with E-state index in [1.807, 2.05) is 30.3 Å². The summed E-state index contributed by atoms with van der Waals surface area (Å²) in [5, 5.41) is 0. The first-order valence-electron chi connectivity index (χ1n) is 5.86. The molecule has 0 bridgehead atoms.